The van der Waals surface area contributed by atoms with Crippen LogP contribution in [0.4, 0.5) is 4.79 Å². The van der Waals surface area contributed by atoms with Crippen LogP contribution in [0.25, 0.3) is 0 Å². The molecule has 0 aliphatic rings. The molecule has 0 spiro atoms. The smallest absolute Gasteiger partial charge is 0.407 e. The highest BCUT2D eigenvalue weighted by molar-refractivity contribution is 5.68. The average molecular weight is 443 g/mol. The molecule has 0 aliphatic carbocycles. The van der Waals surface area contributed by atoms with Crippen LogP contribution in [-0.2, 0) is 17.8 Å². The first-order chi connectivity index (χ1) is 15.1. The van der Waals surface area contributed by atoms with Crippen molar-refractivity contribution >= 4 is 6.09 Å². The molecule has 2 aromatic carbocycles. The fourth-order valence-corrected chi connectivity index (χ4v) is 3.12. The van der Waals surface area contributed by atoms with Crippen LogP contribution in [0.15, 0.2) is 54.6 Å². The van der Waals surface area contributed by atoms with E-state index in [1.165, 1.54) is 0 Å². The van der Waals surface area contributed by atoms with Gasteiger partial charge in [0.05, 0.1) is 12.1 Å². The molecule has 0 radical (unpaired) electrons. The molecule has 3 N–H and O–H groups in total. The summed E-state index contributed by atoms with van der Waals surface area (Å²) in [7, 11) is 0. The SMILES string of the molecule is CC(C)CNCC(O)[C@H](Cc1ccc(OCc2ccccc2)cc1)NC(=O)OC(C)(C)C. The van der Waals surface area contributed by atoms with Gasteiger partial charge in [0.15, 0.2) is 0 Å². The Labute approximate surface area is 192 Å². The second-order valence-electron chi connectivity index (χ2n) is 9.49. The van der Waals surface area contributed by atoms with Crippen molar-refractivity contribution in [1.29, 1.82) is 0 Å². The van der Waals surface area contributed by atoms with Crippen LogP contribution in [0, 0.1) is 5.92 Å². The maximum atomic E-state index is 12.3. The lowest BCUT2D eigenvalue weighted by molar-refractivity contribution is 0.0422. The quantitative estimate of drug-likeness (QED) is 0.483. The second-order valence-corrected chi connectivity index (χ2v) is 9.49. The van der Waals surface area contributed by atoms with Crippen molar-refractivity contribution in [2.75, 3.05) is 13.1 Å². The van der Waals surface area contributed by atoms with Crippen molar-refractivity contribution in [2.24, 2.45) is 5.92 Å². The number of hydrogen-bond donors (Lipinski definition) is 3. The van der Waals surface area contributed by atoms with Gasteiger partial charge in [-0.25, -0.2) is 4.79 Å². The minimum Gasteiger partial charge on any atom is -0.489 e. The van der Waals surface area contributed by atoms with E-state index >= 15 is 0 Å². The second kappa shape index (κ2) is 12.5. The zero-order chi connectivity index (χ0) is 23.6. The minimum atomic E-state index is -0.754. The maximum Gasteiger partial charge on any atom is 0.407 e. The summed E-state index contributed by atoms with van der Waals surface area (Å²) >= 11 is 0. The first kappa shape index (κ1) is 25.7. The lowest BCUT2D eigenvalue weighted by Gasteiger charge is -2.27. The van der Waals surface area contributed by atoms with Crippen LogP contribution in [0.2, 0.25) is 0 Å². The number of alkyl carbamates (subject to hydrolysis) is 1. The molecule has 176 valence electrons. The van der Waals surface area contributed by atoms with E-state index in [1.54, 1.807) is 0 Å². The Morgan fingerprint density at radius 2 is 1.62 bits per heavy atom. The van der Waals surface area contributed by atoms with Gasteiger partial charge in [-0.3, -0.25) is 0 Å². The molecule has 0 bridgehead atoms. The van der Waals surface area contributed by atoms with Crippen LogP contribution in [-0.4, -0.2) is 42.0 Å². The minimum absolute atomic E-state index is 0.386. The Kier molecular flexibility index (Phi) is 10.0. The molecule has 2 rings (SSSR count). The molecule has 0 aliphatic heterocycles. The van der Waals surface area contributed by atoms with Gasteiger partial charge < -0.3 is 25.2 Å². The van der Waals surface area contributed by atoms with Crippen molar-refractivity contribution in [3.8, 4) is 5.75 Å². The molecule has 0 aromatic heterocycles. The van der Waals surface area contributed by atoms with Gasteiger partial charge in [-0.05, 0) is 62.9 Å². The Morgan fingerprint density at radius 3 is 2.22 bits per heavy atom. The third-order valence-electron chi connectivity index (χ3n) is 4.70. The predicted molar refractivity (Wildman–Crippen MR) is 128 cm³/mol. The van der Waals surface area contributed by atoms with Gasteiger partial charge in [0.2, 0.25) is 0 Å². The molecule has 1 amide bonds. The lowest BCUT2D eigenvalue weighted by Crippen LogP contribution is -2.50. The molecule has 0 heterocycles. The molecule has 0 fully saturated rings. The van der Waals surface area contributed by atoms with Gasteiger partial charge in [-0.1, -0.05) is 56.3 Å². The molecule has 6 nitrogen and oxygen atoms in total. The molecule has 32 heavy (non-hydrogen) atoms. The molecule has 1 unspecified atom stereocenters. The number of carbonyl (C=O) groups excluding carboxylic acids is 1. The van der Waals surface area contributed by atoms with E-state index in [1.807, 2.05) is 75.4 Å². The Hall–Kier alpha value is -2.57. The van der Waals surface area contributed by atoms with Gasteiger partial charge in [0, 0.05) is 6.54 Å². The van der Waals surface area contributed by atoms with Gasteiger partial charge in [-0.2, -0.15) is 0 Å². The highest BCUT2D eigenvalue weighted by Gasteiger charge is 2.25. The molecule has 2 aromatic rings. The van der Waals surface area contributed by atoms with Crippen molar-refractivity contribution < 1.29 is 19.4 Å². The van der Waals surface area contributed by atoms with Crippen molar-refractivity contribution in [1.82, 2.24) is 10.6 Å². The lowest BCUT2D eigenvalue weighted by atomic mass is 10.0. The number of nitrogens with one attached hydrogen (secondary N) is 2. The highest BCUT2D eigenvalue weighted by Crippen LogP contribution is 2.16. The average Bonchev–Trinajstić information content (AvgIpc) is 2.72. The highest BCUT2D eigenvalue weighted by atomic mass is 16.6. The summed E-state index contributed by atoms with van der Waals surface area (Å²) in [5.74, 6) is 1.25. The van der Waals surface area contributed by atoms with E-state index < -0.39 is 23.8 Å². The van der Waals surface area contributed by atoms with Crippen molar-refractivity contribution in [3.05, 3.63) is 65.7 Å². The number of ether oxygens (including phenoxy) is 2. The first-order valence-electron chi connectivity index (χ1n) is 11.3. The van der Waals surface area contributed by atoms with E-state index in [0.717, 1.165) is 23.4 Å². The van der Waals surface area contributed by atoms with Crippen LogP contribution >= 0.6 is 0 Å². The topological polar surface area (TPSA) is 79.8 Å². The van der Waals surface area contributed by atoms with E-state index in [4.69, 9.17) is 9.47 Å². The Morgan fingerprint density at radius 1 is 0.969 bits per heavy atom. The van der Waals surface area contributed by atoms with Crippen LogP contribution in [0.3, 0.4) is 0 Å². The van der Waals surface area contributed by atoms with Crippen LogP contribution in [0.1, 0.15) is 45.7 Å². The molecule has 2 atom stereocenters. The first-order valence-corrected chi connectivity index (χ1v) is 11.3. The van der Waals surface area contributed by atoms with Gasteiger partial charge in [-0.15, -0.1) is 0 Å². The standard InChI is InChI=1S/C26H38N2O4/c1-19(2)16-27-17-24(29)23(28-25(30)32-26(3,4)5)15-20-11-13-22(14-12-20)31-18-21-9-7-6-8-10-21/h6-14,19,23-24,27,29H,15-18H2,1-5H3,(H,28,30)/t23-,24?/m0/s1. The molecule has 0 saturated carbocycles. The molecule has 0 saturated heterocycles. The van der Waals surface area contributed by atoms with Gasteiger partial charge >= 0.3 is 6.09 Å². The summed E-state index contributed by atoms with van der Waals surface area (Å²) in [4.78, 5) is 12.3. The molecular weight excluding hydrogens is 404 g/mol. The number of amides is 1. The summed E-state index contributed by atoms with van der Waals surface area (Å²) in [5.41, 5.74) is 1.49. The monoisotopic (exact) mass is 442 g/mol. The summed E-state index contributed by atoms with van der Waals surface area (Å²) < 4.78 is 11.2. The molecular formula is C26H38N2O4. The maximum absolute atomic E-state index is 12.3. The Balaban J connectivity index is 1.98. The summed E-state index contributed by atoms with van der Waals surface area (Å²) in [6.45, 7) is 11.3. The largest absolute Gasteiger partial charge is 0.489 e. The fraction of sp³-hybridized carbons (Fsp3) is 0.500. The number of benzene rings is 2. The fourth-order valence-electron chi connectivity index (χ4n) is 3.12. The summed E-state index contributed by atoms with van der Waals surface area (Å²) in [6.07, 6.45) is -0.813. The number of aliphatic hydroxyl groups is 1. The number of aliphatic hydroxyl groups excluding tert-OH is 1. The third kappa shape index (κ3) is 10.2. The van der Waals surface area contributed by atoms with Crippen molar-refractivity contribution in [2.45, 2.75) is 65.4 Å². The normalized spacial score (nSPS) is 13.5. The summed E-state index contributed by atoms with van der Waals surface area (Å²) in [6, 6.07) is 17.2. The van der Waals surface area contributed by atoms with Gasteiger partial charge in [0.25, 0.3) is 0 Å². The number of carbonyl (C=O) groups is 1. The van der Waals surface area contributed by atoms with E-state index in [2.05, 4.69) is 24.5 Å². The number of hydrogen-bond acceptors (Lipinski definition) is 5. The van der Waals surface area contributed by atoms with Crippen LogP contribution in [0.5, 0.6) is 5.75 Å². The zero-order valence-electron chi connectivity index (χ0n) is 19.9. The third-order valence-corrected chi connectivity index (χ3v) is 4.70. The summed E-state index contributed by atoms with van der Waals surface area (Å²) in [5, 5.41) is 16.8. The Bertz CT molecular complexity index is 801. The van der Waals surface area contributed by atoms with Crippen molar-refractivity contribution in [3.63, 3.8) is 0 Å². The number of rotatable bonds is 11. The van der Waals surface area contributed by atoms with E-state index in [9.17, 15) is 9.90 Å². The van der Waals surface area contributed by atoms with Gasteiger partial charge in [0.1, 0.15) is 18.0 Å². The van der Waals surface area contributed by atoms with Crippen LogP contribution < -0.4 is 15.4 Å². The van der Waals surface area contributed by atoms with E-state index in [-0.39, 0.29) is 0 Å². The predicted octanol–water partition coefficient (Wildman–Crippen LogP) is 4.31. The van der Waals surface area contributed by atoms with E-state index in [0.29, 0.717) is 25.5 Å². The zero-order valence-corrected chi connectivity index (χ0v) is 19.9. The molecule has 6 heteroatoms.